The predicted octanol–water partition coefficient (Wildman–Crippen LogP) is 4.17. The summed E-state index contributed by atoms with van der Waals surface area (Å²) in [6, 6.07) is 0. The molecule has 4 aliphatic carbocycles. The Hall–Kier alpha value is -0.260. The quantitative estimate of drug-likeness (QED) is 0.517. The third-order valence-electron chi connectivity index (χ3n) is 6.02. The van der Waals surface area contributed by atoms with Crippen molar-refractivity contribution >= 4 is 0 Å². The van der Waals surface area contributed by atoms with Gasteiger partial charge in [0.1, 0.15) is 0 Å². The highest BCUT2D eigenvalue weighted by molar-refractivity contribution is 5.15. The van der Waals surface area contributed by atoms with Crippen LogP contribution in [0.5, 0.6) is 0 Å². The van der Waals surface area contributed by atoms with Gasteiger partial charge in [0, 0.05) is 0 Å². The molecule has 3 fully saturated rings. The van der Waals surface area contributed by atoms with Crippen LogP contribution in [0.3, 0.4) is 0 Å². The maximum Gasteiger partial charge on any atom is -0.00842 e. The molecule has 0 aromatic heterocycles. The topological polar surface area (TPSA) is 0 Å². The van der Waals surface area contributed by atoms with Crippen LogP contribution >= 0.6 is 0 Å². The van der Waals surface area contributed by atoms with Crippen LogP contribution in [-0.2, 0) is 0 Å². The van der Waals surface area contributed by atoms with Crippen molar-refractivity contribution in [1.82, 2.24) is 0 Å². The van der Waals surface area contributed by atoms with E-state index >= 15 is 0 Å². The molecule has 5 atom stereocenters. The van der Waals surface area contributed by atoms with E-state index in [1.165, 1.54) is 25.7 Å². The van der Waals surface area contributed by atoms with Crippen molar-refractivity contribution in [3.63, 3.8) is 0 Å². The minimum absolute atomic E-state index is 0.689. The first kappa shape index (κ1) is 8.84. The molecule has 0 heteroatoms. The molecule has 5 unspecified atom stereocenters. The van der Waals surface area contributed by atoms with Gasteiger partial charge in [-0.3, -0.25) is 0 Å². The molecule has 0 radical (unpaired) electrons. The maximum absolute atomic E-state index is 2.64. The van der Waals surface area contributed by atoms with E-state index in [9.17, 15) is 0 Å². The number of allylic oxidation sites excluding steroid dienone is 2. The van der Waals surface area contributed by atoms with Crippen LogP contribution in [0.25, 0.3) is 0 Å². The van der Waals surface area contributed by atoms with Crippen molar-refractivity contribution in [3.8, 4) is 0 Å². The summed E-state index contributed by atoms with van der Waals surface area (Å²) in [4.78, 5) is 0. The Labute approximate surface area is 93.1 Å². The minimum atomic E-state index is 0.689. The van der Waals surface area contributed by atoms with Crippen LogP contribution in [0.2, 0.25) is 0 Å². The third-order valence-corrected chi connectivity index (χ3v) is 6.02. The lowest BCUT2D eigenvalue weighted by atomic mass is 9.70. The van der Waals surface area contributed by atoms with Crippen LogP contribution in [0.15, 0.2) is 12.2 Å². The van der Waals surface area contributed by atoms with E-state index in [1.807, 2.05) is 0 Å². The summed E-state index contributed by atoms with van der Waals surface area (Å²) in [6.07, 6.45) is 17.4. The number of hydrogen-bond acceptors (Lipinski definition) is 0. The van der Waals surface area contributed by atoms with Gasteiger partial charge in [-0.25, -0.2) is 0 Å². The lowest BCUT2D eigenvalue weighted by molar-refractivity contribution is 0.194. The second-order valence-electron chi connectivity index (χ2n) is 6.66. The van der Waals surface area contributed by atoms with Gasteiger partial charge in [0.25, 0.3) is 0 Å². The van der Waals surface area contributed by atoms with Gasteiger partial charge in [0.2, 0.25) is 0 Å². The zero-order valence-electron chi connectivity index (χ0n) is 9.62. The van der Waals surface area contributed by atoms with Gasteiger partial charge in [0.15, 0.2) is 0 Å². The van der Waals surface area contributed by atoms with Crippen molar-refractivity contribution in [1.29, 1.82) is 0 Å². The third kappa shape index (κ3) is 1.20. The summed E-state index contributed by atoms with van der Waals surface area (Å²) in [6.45, 7) is 0. The highest BCUT2D eigenvalue weighted by atomic mass is 14.6. The molecule has 0 saturated heterocycles. The molecule has 1 spiro atoms. The first-order valence-corrected chi connectivity index (χ1v) is 7.05. The first-order valence-electron chi connectivity index (χ1n) is 7.05. The molecular formula is C15H22. The Morgan fingerprint density at radius 3 is 3.07 bits per heavy atom. The molecule has 0 N–H and O–H groups in total. The van der Waals surface area contributed by atoms with Crippen molar-refractivity contribution in [2.24, 2.45) is 29.1 Å². The average molecular weight is 202 g/mol. The van der Waals surface area contributed by atoms with E-state index in [0.717, 1.165) is 23.7 Å². The second kappa shape index (κ2) is 2.90. The number of fused-ring (bicyclic) bond motifs is 3. The van der Waals surface area contributed by atoms with E-state index < -0.39 is 0 Å². The Balaban J connectivity index is 1.71. The summed E-state index contributed by atoms with van der Waals surface area (Å²) in [5, 5.41) is 0. The summed E-state index contributed by atoms with van der Waals surface area (Å²) in [7, 11) is 0. The zero-order chi connectivity index (χ0) is 9.88. The molecule has 2 bridgehead atoms. The Morgan fingerprint density at radius 1 is 1.07 bits per heavy atom. The minimum Gasteiger partial charge on any atom is -0.0877 e. The molecule has 82 valence electrons. The molecule has 3 saturated carbocycles. The van der Waals surface area contributed by atoms with Gasteiger partial charge >= 0.3 is 0 Å². The zero-order valence-corrected chi connectivity index (χ0v) is 9.62. The van der Waals surface area contributed by atoms with E-state index in [2.05, 4.69) is 12.2 Å². The molecule has 0 nitrogen and oxygen atoms in total. The lowest BCUT2D eigenvalue weighted by Crippen LogP contribution is -2.25. The second-order valence-corrected chi connectivity index (χ2v) is 6.66. The smallest absolute Gasteiger partial charge is 0.00842 e. The SMILES string of the molecule is C1=CC23CCC4CC4C(CCCC2C1)C3. The van der Waals surface area contributed by atoms with Gasteiger partial charge in [0.05, 0.1) is 0 Å². The van der Waals surface area contributed by atoms with E-state index in [4.69, 9.17) is 0 Å². The Morgan fingerprint density at radius 2 is 2.07 bits per heavy atom. The number of hydrogen-bond donors (Lipinski definition) is 0. The fraction of sp³-hybridized carbons (Fsp3) is 0.867. The van der Waals surface area contributed by atoms with E-state index in [1.54, 1.807) is 25.7 Å². The fourth-order valence-corrected chi connectivity index (χ4v) is 5.08. The monoisotopic (exact) mass is 202 g/mol. The molecular weight excluding hydrogens is 180 g/mol. The van der Waals surface area contributed by atoms with Gasteiger partial charge < -0.3 is 0 Å². The average Bonchev–Trinajstić information content (AvgIpc) is 2.96. The van der Waals surface area contributed by atoms with Gasteiger partial charge in [-0.1, -0.05) is 25.0 Å². The number of rotatable bonds is 0. The highest BCUT2D eigenvalue weighted by Crippen LogP contribution is 2.62. The molecule has 15 heavy (non-hydrogen) atoms. The van der Waals surface area contributed by atoms with E-state index in [-0.39, 0.29) is 0 Å². The van der Waals surface area contributed by atoms with Crippen LogP contribution in [-0.4, -0.2) is 0 Å². The first-order chi connectivity index (χ1) is 7.37. The summed E-state index contributed by atoms with van der Waals surface area (Å²) in [5.74, 6) is 4.48. The molecule has 0 aromatic rings. The van der Waals surface area contributed by atoms with Gasteiger partial charge in [-0.2, -0.15) is 0 Å². The molecule has 0 amide bonds. The lowest BCUT2D eigenvalue weighted by Gasteiger charge is -2.34. The van der Waals surface area contributed by atoms with Crippen molar-refractivity contribution < 1.29 is 0 Å². The summed E-state index contributed by atoms with van der Waals surface area (Å²) >= 11 is 0. The van der Waals surface area contributed by atoms with Crippen LogP contribution < -0.4 is 0 Å². The molecule has 4 aliphatic rings. The van der Waals surface area contributed by atoms with Gasteiger partial charge in [-0.15, -0.1) is 0 Å². The van der Waals surface area contributed by atoms with Crippen LogP contribution in [0, 0.1) is 29.1 Å². The van der Waals surface area contributed by atoms with Gasteiger partial charge in [-0.05, 0) is 67.6 Å². The maximum atomic E-state index is 2.64. The van der Waals surface area contributed by atoms with E-state index in [0.29, 0.717) is 5.41 Å². The highest BCUT2D eigenvalue weighted by Gasteiger charge is 2.52. The normalized spacial score (nSPS) is 56.5. The molecule has 4 rings (SSSR count). The predicted molar refractivity (Wildman–Crippen MR) is 62.5 cm³/mol. The molecule has 0 aliphatic heterocycles. The van der Waals surface area contributed by atoms with Crippen molar-refractivity contribution in [2.45, 2.75) is 51.4 Å². The standard InChI is InChI=1S/C15H22/c1-3-12-10-15(7-2-5-13(15)4-1)8-6-11-9-14(11)12/h2,7,11-14H,1,3-6,8-10H2. The summed E-state index contributed by atoms with van der Waals surface area (Å²) in [5.41, 5.74) is 0.689. The summed E-state index contributed by atoms with van der Waals surface area (Å²) < 4.78 is 0. The van der Waals surface area contributed by atoms with Crippen LogP contribution in [0.4, 0.5) is 0 Å². The largest absolute Gasteiger partial charge is 0.0877 e. The van der Waals surface area contributed by atoms with Crippen molar-refractivity contribution in [2.75, 3.05) is 0 Å². The Bertz CT molecular complexity index is 303. The Kier molecular flexibility index (Phi) is 1.71. The van der Waals surface area contributed by atoms with Crippen LogP contribution in [0.1, 0.15) is 51.4 Å². The van der Waals surface area contributed by atoms with Crippen molar-refractivity contribution in [3.05, 3.63) is 12.2 Å². The fourth-order valence-electron chi connectivity index (χ4n) is 5.08. The molecule has 0 aromatic carbocycles. The molecule has 0 heterocycles.